The van der Waals surface area contributed by atoms with E-state index in [1.165, 1.54) is 6.33 Å². The maximum atomic E-state index is 3.97. The predicted molar refractivity (Wildman–Crippen MR) is 45.2 cm³/mol. The van der Waals surface area contributed by atoms with Crippen LogP contribution >= 0.6 is 23.5 Å². The van der Waals surface area contributed by atoms with Crippen LogP contribution in [0, 0.1) is 0 Å². The number of nitrogens with zero attached hydrogens (tertiary/aromatic N) is 2. The van der Waals surface area contributed by atoms with Crippen molar-refractivity contribution in [2.24, 2.45) is 0 Å². The van der Waals surface area contributed by atoms with Crippen LogP contribution in [0.5, 0.6) is 0 Å². The number of aromatic nitrogens is 3. The molecule has 0 radical (unpaired) electrons. The predicted octanol–water partition coefficient (Wildman–Crippen LogP) is 1.61. The Labute approximate surface area is 68.4 Å². The number of nitrogens with one attached hydrogen (secondary N) is 1. The van der Waals surface area contributed by atoms with Gasteiger partial charge in [0, 0.05) is 5.08 Å². The van der Waals surface area contributed by atoms with Gasteiger partial charge in [-0.2, -0.15) is 16.9 Å². The maximum absolute atomic E-state index is 3.97. The van der Waals surface area contributed by atoms with E-state index in [4.69, 9.17) is 0 Å². The molecule has 0 unspecified atom stereocenters. The van der Waals surface area contributed by atoms with Crippen LogP contribution in [0.25, 0.3) is 0 Å². The third-order valence-corrected chi connectivity index (χ3v) is 2.89. The molecule has 0 fully saturated rings. The minimum atomic E-state index is 0.904. The van der Waals surface area contributed by atoms with Gasteiger partial charge < -0.3 is 0 Å². The van der Waals surface area contributed by atoms with Crippen LogP contribution in [0.4, 0.5) is 0 Å². The van der Waals surface area contributed by atoms with Crippen LogP contribution in [0.2, 0.25) is 0 Å². The first-order valence-electron chi connectivity index (χ1n) is 2.99. The number of H-pyrrole nitrogens is 1. The Balaban J connectivity index is 2.15. The first-order valence-corrected chi connectivity index (χ1v) is 5.13. The zero-order valence-corrected chi connectivity index (χ0v) is 7.34. The van der Waals surface area contributed by atoms with E-state index in [9.17, 15) is 0 Å². The topological polar surface area (TPSA) is 41.6 Å². The number of thioether (sulfide) groups is 2. The molecule has 0 saturated heterocycles. The van der Waals surface area contributed by atoms with Crippen LogP contribution in [0.1, 0.15) is 6.92 Å². The summed E-state index contributed by atoms with van der Waals surface area (Å²) >= 11 is 3.57. The quantitative estimate of drug-likeness (QED) is 0.429. The lowest BCUT2D eigenvalue weighted by Crippen LogP contribution is -1.76. The highest BCUT2D eigenvalue weighted by Crippen LogP contribution is 2.16. The molecule has 0 aliphatic rings. The lowest BCUT2D eigenvalue weighted by molar-refractivity contribution is 0.976. The van der Waals surface area contributed by atoms with E-state index >= 15 is 0 Å². The molecule has 3 nitrogen and oxygen atoms in total. The van der Waals surface area contributed by atoms with Crippen molar-refractivity contribution in [2.45, 2.75) is 12.1 Å². The number of hydrogen-bond donors (Lipinski definition) is 1. The highest BCUT2D eigenvalue weighted by Gasteiger charge is 1.93. The van der Waals surface area contributed by atoms with Gasteiger partial charge in [0.2, 0.25) is 0 Å². The molecule has 0 spiro atoms. The molecule has 1 aromatic heterocycles. The van der Waals surface area contributed by atoms with Gasteiger partial charge in [0.1, 0.15) is 6.33 Å². The fourth-order valence-electron chi connectivity index (χ4n) is 0.445. The van der Waals surface area contributed by atoms with E-state index in [-0.39, 0.29) is 0 Å². The van der Waals surface area contributed by atoms with Crippen molar-refractivity contribution in [3.63, 3.8) is 0 Å². The monoisotopic (exact) mass is 175 g/mol. The molecule has 56 valence electrons. The van der Waals surface area contributed by atoms with Gasteiger partial charge in [-0.25, -0.2) is 4.98 Å². The minimum Gasteiger partial charge on any atom is -0.254 e. The largest absolute Gasteiger partial charge is 0.254 e. The molecule has 0 amide bonds. The van der Waals surface area contributed by atoms with E-state index in [1.807, 2.05) is 11.8 Å². The summed E-state index contributed by atoms with van der Waals surface area (Å²) in [6, 6.07) is 0. The Hall–Kier alpha value is -0.160. The van der Waals surface area contributed by atoms with Gasteiger partial charge in [-0.05, 0) is 5.75 Å². The molecule has 0 aliphatic heterocycles. The van der Waals surface area contributed by atoms with Gasteiger partial charge in [-0.1, -0.05) is 18.7 Å². The Morgan fingerprint density at radius 2 is 2.60 bits per heavy atom. The minimum absolute atomic E-state index is 0.904. The van der Waals surface area contributed by atoms with Crippen molar-refractivity contribution in [2.75, 3.05) is 10.8 Å². The zero-order chi connectivity index (χ0) is 7.23. The van der Waals surface area contributed by atoms with Gasteiger partial charge in [-0.3, -0.25) is 5.10 Å². The lowest BCUT2D eigenvalue weighted by Gasteiger charge is -1.92. The molecule has 5 heteroatoms. The number of aromatic amines is 1. The normalized spacial score (nSPS) is 10.1. The third kappa shape index (κ3) is 2.62. The summed E-state index contributed by atoms with van der Waals surface area (Å²) in [6.45, 7) is 2.14. The summed E-state index contributed by atoms with van der Waals surface area (Å²) in [5.41, 5.74) is 0. The Bertz CT molecular complexity index is 163. The first kappa shape index (κ1) is 7.94. The molecule has 0 aliphatic carbocycles. The maximum Gasteiger partial charge on any atom is 0.184 e. The highest BCUT2D eigenvalue weighted by atomic mass is 32.2. The van der Waals surface area contributed by atoms with E-state index in [2.05, 4.69) is 22.1 Å². The molecule has 10 heavy (non-hydrogen) atoms. The van der Waals surface area contributed by atoms with E-state index in [1.54, 1.807) is 11.8 Å². The lowest BCUT2D eigenvalue weighted by atomic mass is 11.0. The summed E-state index contributed by atoms with van der Waals surface area (Å²) in [7, 11) is 0. The number of rotatable bonds is 4. The smallest absolute Gasteiger partial charge is 0.184 e. The summed E-state index contributed by atoms with van der Waals surface area (Å²) in [4.78, 5) is 3.97. The van der Waals surface area contributed by atoms with Crippen LogP contribution in [-0.2, 0) is 0 Å². The van der Waals surface area contributed by atoms with Crippen LogP contribution in [0.3, 0.4) is 0 Å². The van der Waals surface area contributed by atoms with Gasteiger partial charge in [0.15, 0.2) is 5.16 Å². The van der Waals surface area contributed by atoms with E-state index < -0.39 is 0 Å². The zero-order valence-electron chi connectivity index (χ0n) is 5.70. The van der Waals surface area contributed by atoms with Gasteiger partial charge in [-0.15, -0.1) is 0 Å². The summed E-state index contributed by atoms with van der Waals surface area (Å²) < 4.78 is 0. The average molecular weight is 175 g/mol. The third-order valence-electron chi connectivity index (χ3n) is 0.876. The second-order valence-electron chi connectivity index (χ2n) is 1.55. The van der Waals surface area contributed by atoms with Gasteiger partial charge in [0.25, 0.3) is 0 Å². The second-order valence-corrected chi connectivity index (χ2v) is 4.15. The second kappa shape index (κ2) is 4.62. The molecule has 0 atom stereocenters. The van der Waals surface area contributed by atoms with Crippen molar-refractivity contribution in [3.05, 3.63) is 6.33 Å². The molecule has 1 rings (SSSR count). The SMILES string of the molecule is CCSCSc1ncn[nH]1. The summed E-state index contributed by atoms with van der Waals surface area (Å²) in [5.74, 6) is 1.15. The molecule has 0 aromatic carbocycles. The van der Waals surface area contributed by atoms with Crippen molar-refractivity contribution < 1.29 is 0 Å². The van der Waals surface area contributed by atoms with Crippen LogP contribution in [-0.4, -0.2) is 26.0 Å². The van der Waals surface area contributed by atoms with Gasteiger partial charge in [0.05, 0.1) is 0 Å². The Kier molecular flexibility index (Phi) is 3.67. The first-order chi connectivity index (χ1) is 4.93. The fourth-order valence-corrected chi connectivity index (χ4v) is 2.13. The molecule has 0 saturated carbocycles. The standard InChI is InChI=1S/C5H9N3S2/c1-2-9-4-10-5-6-3-7-8-5/h3H,2,4H2,1H3,(H,6,7,8). The van der Waals surface area contributed by atoms with Crippen molar-refractivity contribution >= 4 is 23.5 Å². The summed E-state index contributed by atoms with van der Waals surface area (Å²) in [5, 5.41) is 8.47. The van der Waals surface area contributed by atoms with Crippen LogP contribution in [0.15, 0.2) is 11.5 Å². The van der Waals surface area contributed by atoms with Gasteiger partial charge >= 0.3 is 0 Å². The van der Waals surface area contributed by atoms with Crippen molar-refractivity contribution in [3.8, 4) is 0 Å². The van der Waals surface area contributed by atoms with Crippen molar-refractivity contribution in [1.29, 1.82) is 0 Å². The molecule has 1 heterocycles. The highest BCUT2D eigenvalue weighted by molar-refractivity contribution is 8.15. The summed E-state index contributed by atoms with van der Waals surface area (Å²) in [6.07, 6.45) is 1.53. The van der Waals surface area contributed by atoms with E-state index in [0.29, 0.717) is 0 Å². The average Bonchev–Trinajstić information content (AvgIpc) is 2.41. The molecular weight excluding hydrogens is 166 g/mol. The molecule has 1 aromatic rings. The Morgan fingerprint density at radius 3 is 3.20 bits per heavy atom. The van der Waals surface area contributed by atoms with E-state index in [0.717, 1.165) is 16.0 Å². The molecule has 1 N–H and O–H groups in total. The van der Waals surface area contributed by atoms with Crippen LogP contribution < -0.4 is 0 Å². The number of hydrogen-bond acceptors (Lipinski definition) is 4. The fraction of sp³-hybridized carbons (Fsp3) is 0.600. The van der Waals surface area contributed by atoms with Crippen molar-refractivity contribution in [1.82, 2.24) is 15.2 Å². The Morgan fingerprint density at radius 1 is 1.70 bits per heavy atom. The molecular formula is C5H9N3S2. The molecule has 0 bridgehead atoms.